The van der Waals surface area contributed by atoms with Gasteiger partial charge in [-0.05, 0) is 25.3 Å². The number of piperidine rings is 1. The summed E-state index contributed by atoms with van der Waals surface area (Å²) in [5.41, 5.74) is -0.516. The van der Waals surface area contributed by atoms with Gasteiger partial charge < -0.3 is 5.32 Å². The van der Waals surface area contributed by atoms with E-state index < -0.39 is 49.9 Å². The van der Waals surface area contributed by atoms with Crippen LogP contribution in [0.15, 0.2) is 35.2 Å². The topological polar surface area (TPSA) is 110 Å². The van der Waals surface area contributed by atoms with Gasteiger partial charge in [0.2, 0.25) is 15.9 Å². The SMILES string of the molecule is Cc1ccc([N+](=O)[O-])cc1S(=O)(=O)N1CCC(C(=O)Nc2cc(F)c(F)cc2F)CC1. The van der Waals surface area contributed by atoms with Crippen LogP contribution in [0.5, 0.6) is 0 Å². The van der Waals surface area contributed by atoms with Crippen molar-refractivity contribution in [2.24, 2.45) is 5.92 Å². The normalized spacial score (nSPS) is 15.6. The molecule has 0 saturated carbocycles. The van der Waals surface area contributed by atoms with E-state index in [1.807, 2.05) is 0 Å². The summed E-state index contributed by atoms with van der Waals surface area (Å²) in [6.45, 7) is 1.44. The highest BCUT2D eigenvalue weighted by atomic mass is 32.2. The van der Waals surface area contributed by atoms with Gasteiger partial charge in [-0.3, -0.25) is 14.9 Å². The number of halogens is 3. The number of carbonyl (C=O) groups is 1. The van der Waals surface area contributed by atoms with Crippen molar-refractivity contribution in [2.45, 2.75) is 24.7 Å². The van der Waals surface area contributed by atoms with Gasteiger partial charge in [-0.1, -0.05) is 6.07 Å². The molecule has 0 atom stereocenters. The number of anilines is 1. The molecule has 1 aliphatic heterocycles. The van der Waals surface area contributed by atoms with Gasteiger partial charge >= 0.3 is 0 Å². The molecule has 3 rings (SSSR count). The quantitative estimate of drug-likeness (QED) is 0.421. The number of nitrogens with one attached hydrogen (secondary N) is 1. The second-order valence-corrected chi connectivity index (χ2v) is 9.03. The Bertz CT molecular complexity index is 1150. The third kappa shape index (κ3) is 4.69. The maximum Gasteiger partial charge on any atom is 0.270 e. The van der Waals surface area contributed by atoms with Gasteiger partial charge in [0.25, 0.3) is 5.69 Å². The lowest BCUT2D eigenvalue weighted by atomic mass is 9.97. The average molecular weight is 457 g/mol. The molecular formula is C19H18F3N3O5S. The molecule has 2 aromatic rings. The summed E-state index contributed by atoms with van der Waals surface area (Å²) < 4.78 is 67.1. The molecule has 0 aliphatic carbocycles. The van der Waals surface area contributed by atoms with Crippen molar-refractivity contribution in [3.8, 4) is 0 Å². The Morgan fingerprint density at radius 1 is 1.10 bits per heavy atom. The first-order valence-electron chi connectivity index (χ1n) is 9.21. The van der Waals surface area contributed by atoms with Crippen molar-refractivity contribution in [3.05, 3.63) is 63.5 Å². The van der Waals surface area contributed by atoms with E-state index in [1.54, 1.807) is 0 Å². The molecule has 1 fully saturated rings. The number of rotatable bonds is 5. The van der Waals surface area contributed by atoms with Gasteiger partial charge in [0.1, 0.15) is 5.82 Å². The first-order valence-corrected chi connectivity index (χ1v) is 10.7. The Labute approximate surface area is 175 Å². The lowest BCUT2D eigenvalue weighted by Crippen LogP contribution is -2.41. The zero-order valence-electron chi connectivity index (χ0n) is 16.3. The molecule has 8 nitrogen and oxygen atoms in total. The number of nitrogens with zero attached hydrogens (tertiary/aromatic N) is 2. The highest BCUT2D eigenvalue weighted by molar-refractivity contribution is 7.89. The number of sulfonamides is 1. The van der Waals surface area contributed by atoms with E-state index in [9.17, 15) is 36.5 Å². The summed E-state index contributed by atoms with van der Waals surface area (Å²) in [6.07, 6.45) is 0.203. The van der Waals surface area contributed by atoms with Gasteiger partial charge in [-0.15, -0.1) is 0 Å². The van der Waals surface area contributed by atoms with Crippen LogP contribution in [-0.4, -0.2) is 36.6 Å². The van der Waals surface area contributed by atoms with Gasteiger partial charge in [-0.25, -0.2) is 21.6 Å². The Hall–Kier alpha value is -2.99. The Morgan fingerprint density at radius 3 is 2.32 bits per heavy atom. The van der Waals surface area contributed by atoms with Gasteiger partial charge in [0.15, 0.2) is 11.6 Å². The largest absolute Gasteiger partial charge is 0.323 e. The summed E-state index contributed by atoms with van der Waals surface area (Å²) in [6, 6.07) is 4.41. The number of benzene rings is 2. The number of hydrogen-bond acceptors (Lipinski definition) is 5. The summed E-state index contributed by atoms with van der Waals surface area (Å²) in [7, 11) is -4.03. The number of amides is 1. The van der Waals surface area contributed by atoms with Crippen LogP contribution in [0.4, 0.5) is 24.5 Å². The summed E-state index contributed by atoms with van der Waals surface area (Å²) in [5, 5.41) is 13.2. The molecular weight excluding hydrogens is 439 g/mol. The van der Waals surface area contributed by atoms with Crippen molar-refractivity contribution in [2.75, 3.05) is 18.4 Å². The Morgan fingerprint density at radius 2 is 1.71 bits per heavy atom. The van der Waals surface area contributed by atoms with E-state index in [4.69, 9.17) is 0 Å². The second kappa shape index (κ2) is 8.63. The van der Waals surface area contributed by atoms with Gasteiger partial charge in [-0.2, -0.15) is 4.31 Å². The number of non-ortho nitro benzene ring substituents is 1. The molecule has 0 bridgehead atoms. The predicted molar refractivity (Wildman–Crippen MR) is 104 cm³/mol. The fraction of sp³-hybridized carbons (Fsp3) is 0.316. The maximum atomic E-state index is 13.7. The minimum atomic E-state index is -4.03. The third-order valence-corrected chi connectivity index (χ3v) is 7.13. The molecule has 0 unspecified atom stereocenters. The molecule has 0 spiro atoms. The second-order valence-electron chi connectivity index (χ2n) is 7.12. The van der Waals surface area contributed by atoms with E-state index in [2.05, 4.69) is 5.32 Å². The van der Waals surface area contributed by atoms with Crippen LogP contribution in [0.3, 0.4) is 0 Å². The summed E-state index contributed by atoms with van der Waals surface area (Å²) in [4.78, 5) is 22.5. The van der Waals surface area contributed by atoms with E-state index in [0.717, 1.165) is 10.4 Å². The number of nitro benzene ring substituents is 1. The fourth-order valence-corrected chi connectivity index (χ4v) is 5.05. The van der Waals surface area contributed by atoms with Crippen molar-refractivity contribution in [1.82, 2.24) is 4.31 Å². The van der Waals surface area contributed by atoms with Crippen molar-refractivity contribution in [3.63, 3.8) is 0 Å². The highest BCUT2D eigenvalue weighted by Crippen LogP contribution is 2.29. The number of hydrogen-bond donors (Lipinski definition) is 1. The first kappa shape index (κ1) is 22.7. The molecule has 1 aliphatic rings. The van der Waals surface area contributed by atoms with Crippen molar-refractivity contribution < 1.29 is 31.3 Å². The van der Waals surface area contributed by atoms with Crippen LogP contribution in [0.1, 0.15) is 18.4 Å². The average Bonchev–Trinajstić information content (AvgIpc) is 2.72. The lowest BCUT2D eigenvalue weighted by molar-refractivity contribution is -0.385. The van der Waals surface area contributed by atoms with E-state index in [-0.39, 0.29) is 36.5 Å². The number of nitro groups is 1. The van der Waals surface area contributed by atoms with Crippen LogP contribution in [0, 0.1) is 40.4 Å². The Kier molecular flexibility index (Phi) is 6.32. The monoisotopic (exact) mass is 457 g/mol. The molecule has 1 saturated heterocycles. The predicted octanol–water partition coefficient (Wildman–Crippen LogP) is 3.36. The smallest absolute Gasteiger partial charge is 0.270 e. The van der Waals surface area contributed by atoms with Crippen molar-refractivity contribution in [1.29, 1.82) is 0 Å². The molecule has 2 aromatic carbocycles. The minimum absolute atomic E-state index is 0.0389. The molecule has 1 N–H and O–H groups in total. The minimum Gasteiger partial charge on any atom is -0.323 e. The fourth-order valence-electron chi connectivity index (χ4n) is 3.33. The maximum absolute atomic E-state index is 13.7. The zero-order chi connectivity index (χ0) is 22.9. The third-order valence-electron chi connectivity index (χ3n) is 5.09. The van der Waals surface area contributed by atoms with E-state index in [0.29, 0.717) is 17.7 Å². The first-order chi connectivity index (χ1) is 14.5. The van der Waals surface area contributed by atoms with Gasteiger partial charge in [0, 0.05) is 43.3 Å². The van der Waals surface area contributed by atoms with E-state index >= 15 is 0 Å². The summed E-state index contributed by atoms with van der Waals surface area (Å²) in [5.74, 6) is -5.15. The highest BCUT2D eigenvalue weighted by Gasteiger charge is 2.34. The zero-order valence-corrected chi connectivity index (χ0v) is 17.1. The van der Waals surface area contributed by atoms with Crippen molar-refractivity contribution >= 4 is 27.3 Å². The van der Waals surface area contributed by atoms with Crippen LogP contribution in [0.2, 0.25) is 0 Å². The number of aryl methyl sites for hydroxylation is 1. The van der Waals surface area contributed by atoms with Crippen LogP contribution in [-0.2, 0) is 14.8 Å². The molecule has 1 amide bonds. The molecule has 166 valence electrons. The molecule has 31 heavy (non-hydrogen) atoms. The molecule has 12 heteroatoms. The van der Waals surface area contributed by atoms with Crippen LogP contribution < -0.4 is 5.32 Å². The van der Waals surface area contributed by atoms with E-state index in [1.165, 1.54) is 19.1 Å². The van der Waals surface area contributed by atoms with Gasteiger partial charge in [0.05, 0.1) is 15.5 Å². The van der Waals surface area contributed by atoms with Crippen LogP contribution in [0.25, 0.3) is 0 Å². The molecule has 1 heterocycles. The number of carbonyl (C=O) groups excluding carboxylic acids is 1. The lowest BCUT2D eigenvalue weighted by Gasteiger charge is -2.30. The summed E-state index contributed by atoms with van der Waals surface area (Å²) >= 11 is 0. The van der Waals surface area contributed by atoms with Crippen LogP contribution >= 0.6 is 0 Å². The molecule has 0 radical (unpaired) electrons. The molecule has 0 aromatic heterocycles. The standard InChI is InChI=1S/C19H18F3N3O5S/c1-11-2-3-13(25(27)28)8-18(11)31(29,30)24-6-4-12(5-7-24)19(26)23-17-10-15(21)14(20)9-16(17)22/h2-3,8-10,12H,4-7H2,1H3,(H,23,26). The Balaban J connectivity index is 1.70.